The number of nitrogens with zero attached hydrogens (tertiary/aromatic N) is 4. The monoisotopic (exact) mass is 301 g/mol. The SMILES string of the molecule is Cc1nc2nccc(C(=O)N3C[C@H]4OCCN(C)[C@H]4C3)c2[nH]1. The fourth-order valence-electron chi connectivity index (χ4n) is 3.40. The molecule has 22 heavy (non-hydrogen) atoms. The van der Waals surface area contributed by atoms with Crippen molar-refractivity contribution >= 4 is 17.1 Å². The molecule has 2 aliphatic rings. The van der Waals surface area contributed by atoms with E-state index in [9.17, 15) is 4.79 Å². The highest BCUT2D eigenvalue weighted by Crippen LogP contribution is 2.24. The number of carbonyl (C=O) groups is 1. The molecule has 0 aliphatic carbocycles. The normalized spacial score (nSPS) is 25.6. The number of aryl methyl sites for hydroxylation is 1. The van der Waals surface area contributed by atoms with E-state index in [1.165, 1.54) is 0 Å². The van der Waals surface area contributed by atoms with Crippen molar-refractivity contribution in [1.29, 1.82) is 0 Å². The van der Waals surface area contributed by atoms with E-state index in [0.29, 0.717) is 35.9 Å². The molecule has 2 aliphatic heterocycles. The van der Waals surface area contributed by atoms with Crippen LogP contribution in [-0.2, 0) is 4.74 Å². The standard InChI is InChI=1S/C15H19N5O2/c1-9-17-13-10(3-4-16-14(13)18-9)15(21)20-7-11-12(8-20)22-6-5-19(11)2/h3-4,11-12H,5-8H2,1-2H3,(H,16,17,18)/t11-,12+/m0/s1. The van der Waals surface area contributed by atoms with Gasteiger partial charge in [0.1, 0.15) is 5.82 Å². The number of hydrogen-bond donors (Lipinski definition) is 1. The van der Waals surface area contributed by atoms with Crippen molar-refractivity contribution < 1.29 is 9.53 Å². The maximum absolute atomic E-state index is 12.9. The third-order valence-electron chi connectivity index (χ3n) is 4.61. The second-order valence-electron chi connectivity index (χ2n) is 6.05. The molecule has 2 fully saturated rings. The molecule has 0 bridgehead atoms. The van der Waals surface area contributed by atoms with Crippen LogP contribution in [0.5, 0.6) is 0 Å². The fourth-order valence-corrected chi connectivity index (χ4v) is 3.40. The number of rotatable bonds is 1. The van der Waals surface area contributed by atoms with E-state index in [1.54, 1.807) is 12.3 Å². The second-order valence-corrected chi connectivity index (χ2v) is 6.05. The number of ether oxygens (including phenoxy) is 1. The van der Waals surface area contributed by atoms with Crippen LogP contribution in [0, 0.1) is 6.92 Å². The number of nitrogens with one attached hydrogen (secondary N) is 1. The van der Waals surface area contributed by atoms with Crippen LogP contribution in [0.25, 0.3) is 11.2 Å². The highest BCUT2D eigenvalue weighted by atomic mass is 16.5. The number of amides is 1. The van der Waals surface area contributed by atoms with Gasteiger partial charge in [-0.2, -0.15) is 0 Å². The minimum atomic E-state index is 0.0162. The van der Waals surface area contributed by atoms with E-state index in [4.69, 9.17) is 4.74 Å². The predicted octanol–water partition coefficient (Wildman–Crippen LogP) is 0.421. The van der Waals surface area contributed by atoms with Crippen LogP contribution in [0.3, 0.4) is 0 Å². The highest BCUT2D eigenvalue weighted by Gasteiger charge is 2.40. The summed E-state index contributed by atoms with van der Waals surface area (Å²) in [6.45, 7) is 4.87. The number of aromatic amines is 1. The topological polar surface area (TPSA) is 74.4 Å². The smallest absolute Gasteiger partial charge is 0.256 e. The summed E-state index contributed by atoms with van der Waals surface area (Å²) in [5.74, 6) is 0.781. The van der Waals surface area contributed by atoms with Crippen molar-refractivity contribution in [3.8, 4) is 0 Å². The van der Waals surface area contributed by atoms with Gasteiger partial charge >= 0.3 is 0 Å². The predicted molar refractivity (Wildman–Crippen MR) is 80.7 cm³/mol. The summed E-state index contributed by atoms with van der Waals surface area (Å²) in [6.07, 6.45) is 1.75. The Balaban J connectivity index is 1.64. The number of carbonyl (C=O) groups excluding carboxylic acids is 1. The third-order valence-corrected chi connectivity index (χ3v) is 4.61. The molecule has 0 aromatic carbocycles. The molecular weight excluding hydrogens is 282 g/mol. The Bertz CT molecular complexity index is 728. The van der Waals surface area contributed by atoms with Crippen LogP contribution in [0.15, 0.2) is 12.3 Å². The number of pyridine rings is 1. The summed E-state index contributed by atoms with van der Waals surface area (Å²) < 4.78 is 5.81. The minimum absolute atomic E-state index is 0.0162. The first-order chi connectivity index (χ1) is 10.6. The Kier molecular flexibility index (Phi) is 3.12. The number of likely N-dealkylation sites (tertiary alicyclic amines) is 1. The summed E-state index contributed by atoms with van der Waals surface area (Å²) >= 11 is 0. The maximum atomic E-state index is 12.9. The Morgan fingerprint density at radius 1 is 1.45 bits per heavy atom. The van der Waals surface area contributed by atoms with Gasteiger partial charge in [-0.25, -0.2) is 9.97 Å². The zero-order chi connectivity index (χ0) is 15.3. The molecule has 4 heterocycles. The van der Waals surface area contributed by atoms with Crippen molar-refractivity contribution in [2.24, 2.45) is 0 Å². The molecule has 4 rings (SSSR count). The van der Waals surface area contributed by atoms with Gasteiger partial charge in [-0.05, 0) is 20.0 Å². The van der Waals surface area contributed by atoms with Crippen molar-refractivity contribution in [2.45, 2.75) is 19.1 Å². The largest absolute Gasteiger partial charge is 0.373 e. The first kappa shape index (κ1) is 13.7. The molecule has 0 spiro atoms. The summed E-state index contributed by atoms with van der Waals surface area (Å²) in [5.41, 5.74) is 1.94. The summed E-state index contributed by atoms with van der Waals surface area (Å²) in [5, 5.41) is 0. The highest BCUT2D eigenvalue weighted by molar-refractivity contribution is 6.04. The van der Waals surface area contributed by atoms with Gasteiger partial charge in [0.15, 0.2) is 5.65 Å². The summed E-state index contributed by atoms with van der Waals surface area (Å²) in [6, 6.07) is 2.05. The van der Waals surface area contributed by atoms with E-state index in [0.717, 1.165) is 19.0 Å². The maximum Gasteiger partial charge on any atom is 0.256 e. The Labute approximate surface area is 128 Å². The Morgan fingerprint density at radius 3 is 3.14 bits per heavy atom. The molecule has 1 amide bonds. The molecule has 2 aromatic heterocycles. The lowest BCUT2D eigenvalue weighted by Crippen LogP contribution is -2.48. The van der Waals surface area contributed by atoms with Gasteiger partial charge in [-0.15, -0.1) is 0 Å². The molecule has 0 saturated carbocycles. The van der Waals surface area contributed by atoms with Crippen molar-refractivity contribution in [1.82, 2.24) is 24.8 Å². The zero-order valence-electron chi connectivity index (χ0n) is 12.7. The molecule has 7 heteroatoms. The first-order valence-corrected chi connectivity index (χ1v) is 7.56. The average molecular weight is 301 g/mol. The van der Waals surface area contributed by atoms with Gasteiger partial charge in [0.25, 0.3) is 5.91 Å². The molecule has 116 valence electrons. The fraction of sp³-hybridized carbons (Fsp3) is 0.533. The van der Waals surface area contributed by atoms with E-state index >= 15 is 0 Å². The van der Waals surface area contributed by atoms with E-state index in [1.807, 2.05) is 11.8 Å². The van der Waals surface area contributed by atoms with Crippen molar-refractivity contribution in [3.63, 3.8) is 0 Å². The minimum Gasteiger partial charge on any atom is -0.373 e. The number of imidazole rings is 1. The number of H-pyrrole nitrogens is 1. The lowest BCUT2D eigenvalue weighted by atomic mass is 10.1. The quantitative estimate of drug-likeness (QED) is 0.826. The van der Waals surface area contributed by atoms with Gasteiger partial charge in [-0.3, -0.25) is 9.69 Å². The van der Waals surface area contributed by atoms with Crippen LogP contribution in [0.4, 0.5) is 0 Å². The summed E-state index contributed by atoms with van der Waals surface area (Å²) in [4.78, 5) is 28.7. The lowest BCUT2D eigenvalue weighted by Gasteiger charge is -2.33. The van der Waals surface area contributed by atoms with Crippen LogP contribution in [-0.4, -0.2) is 76.1 Å². The van der Waals surface area contributed by atoms with Crippen LogP contribution >= 0.6 is 0 Å². The van der Waals surface area contributed by atoms with Crippen molar-refractivity contribution in [3.05, 3.63) is 23.7 Å². The van der Waals surface area contributed by atoms with Gasteiger partial charge < -0.3 is 14.6 Å². The van der Waals surface area contributed by atoms with Gasteiger partial charge in [0.2, 0.25) is 0 Å². The number of likely N-dealkylation sites (N-methyl/N-ethyl adjacent to an activating group) is 1. The van der Waals surface area contributed by atoms with Crippen LogP contribution in [0.2, 0.25) is 0 Å². The zero-order valence-corrected chi connectivity index (χ0v) is 12.7. The van der Waals surface area contributed by atoms with E-state index in [-0.39, 0.29) is 12.0 Å². The number of hydrogen-bond acceptors (Lipinski definition) is 5. The Hall–Kier alpha value is -1.99. The van der Waals surface area contributed by atoms with E-state index < -0.39 is 0 Å². The molecule has 2 saturated heterocycles. The average Bonchev–Trinajstić information content (AvgIpc) is 3.09. The van der Waals surface area contributed by atoms with Crippen LogP contribution in [0.1, 0.15) is 16.2 Å². The molecule has 7 nitrogen and oxygen atoms in total. The number of fused-ring (bicyclic) bond motifs is 2. The number of morpholine rings is 1. The van der Waals surface area contributed by atoms with Gasteiger partial charge in [0.05, 0.1) is 29.8 Å². The van der Waals surface area contributed by atoms with Gasteiger partial charge in [-0.1, -0.05) is 0 Å². The first-order valence-electron chi connectivity index (χ1n) is 7.56. The third kappa shape index (κ3) is 2.08. The molecule has 0 radical (unpaired) electrons. The number of aromatic nitrogens is 3. The van der Waals surface area contributed by atoms with Crippen LogP contribution < -0.4 is 0 Å². The second kappa shape index (κ2) is 5.03. The molecule has 2 aromatic rings. The summed E-state index contributed by atoms with van der Waals surface area (Å²) in [7, 11) is 2.09. The molecule has 2 atom stereocenters. The lowest BCUT2D eigenvalue weighted by molar-refractivity contribution is -0.0368. The van der Waals surface area contributed by atoms with Gasteiger partial charge in [0, 0.05) is 25.8 Å². The molecule has 1 N–H and O–H groups in total. The molecule has 0 unspecified atom stereocenters. The Morgan fingerprint density at radius 2 is 2.32 bits per heavy atom. The van der Waals surface area contributed by atoms with E-state index in [2.05, 4.69) is 26.9 Å². The molecular formula is C15H19N5O2. The van der Waals surface area contributed by atoms with Crippen molar-refractivity contribution in [2.75, 3.05) is 33.3 Å².